The monoisotopic (exact) mass is 805 g/mol. The highest BCUT2D eigenvalue weighted by Crippen LogP contribution is 2.36. The van der Waals surface area contributed by atoms with E-state index in [0.29, 0.717) is 56.4 Å². The topological polar surface area (TPSA) is 173 Å². The Bertz CT molecular complexity index is 2830. The van der Waals surface area contributed by atoms with Crippen LogP contribution in [0.1, 0.15) is 34.5 Å². The molecule has 2 aliphatic rings. The van der Waals surface area contributed by atoms with Crippen molar-refractivity contribution in [1.29, 1.82) is 0 Å². The third-order valence-corrected chi connectivity index (χ3v) is 11.3. The molecule has 3 amide bonds. The Hall–Kier alpha value is -7.36. The summed E-state index contributed by atoms with van der Waals surface area (Å²) in [5, 5.41) is 17.6. The largest absolute Gasteiger partial charge is 0.440 e. The van der Waals surface area contributed by atoms with Crippen LogP contribution in [0, 0.1) is 11.8 Å². The SMILES string of the molecule is CN(C)C(=O)c1cc2ccc(C3=CC(C4C=C(c5ccc6oc(-n7ccccc7=O)cc6c5)CN(C(=O)CCn5ccnn5)C4)CN(C(=O)CCn4ccnn4)C3)cc2[nH]1. The predicted molar refractivity (Wildman–Crippen MR) is 223 cm³/mol. The van der Waals surface area contributed by atoms with Gasteiger partial charge in [0.2, 0.25) is 17.7 Å². The fourth-order valence-electron chi connectivity index (χ4n) is 8.13. The van der Waals surface area contributed by atoms with Crippen LogP contribution in [-0.2, 0) is 22.7 Å². The maximum atomic E-state index is 14.0. The number of hydrogen-bond donors (Lipinski definition) is 1. The van der Waals surface area contributed by atoms with Crippen LogP contribution < -0.4 is 5.56 Å². The smallest absolute Gasteiger partial charge is 0.269 e. The summed E-state index contributed by atoms with van der Waals surface area (Å²) in [6.45, 7) is 2.49. The first-order valence-corrected chi connectivity index (χ1v) is 19.9. The highest BCUT2D eigenvalue weighted by molar-refractivity contribution is 5.98. The molecular formula is C44H43N11O5. The number of aryl methyl sites for hydroxylation is 2. The fourth-order valence-corrected chi connectivity index (χ4v) is 8.13. The van der Waals surface area contributed by atoms with E-state index in [1.54, 1.807) is 66.6 Å². The molecule has 2 aliphatic heterocycles. The maximum Gasteiger partial charge on any atom is 0.269 e. The van der Waals surface area contributed by atoms with Crippen LogP contribution in [0.15, 0.2) is 119 Å². The van der Waals surface area contributed by atoms with E-state index in [9.17, 15) is 19.2 Å². The molecular weight excluding hydrogens is 763 g/mol. The molecule has 7 aromatic rings. The Morgan fingerprint density at radius 1 is 0.750 bits per heavy atom. The summed E-state index contributed by atoms with van der Waals surface area (Å²) in [5.41, 5.74) is 5.57. The lowest BCUT2D eigenvalue weighted by Crippen LogP contribution is -2.46. The van der Waals surface area contributed by atoms with Gasteiger partial charge in [0.1, 0.15) is 11.3 Å². The number of nitrogens with zero attached hydrogens (tertiary/aromatic N) is 10. The minimum atomic E-state index is -0.197. The first-order chi connectivity index (χ1) is 29.1. The van der Waals surface area contributed by atoms with E-state index in [1.165, 1.54) is 15.5 Å². The normalized spacial score (nSPS) is 16.9. The van der Waals surface area contributed by atoms with Crippen molar-refractivity contribution in [2.45, 2.75) is 25.9 Å². The standard InChI is InChI=1S/C44H43N11O5/c1-50(2)44(59)38-23-31-7-6-30(22-37(31)47-38)34-21-36(28-52(26-34)41(57)11-16-54-18-13-46-49-54)35-20-33(25-51(27-35)40(56)10-15-53-17-12-45-48-53)29-8-9-39-32(19-29)24-43(60-39)55-14-4-3-5-42(55)58/h3-9,12-14,17-24,35-36,47H,10-11,15-16,25-28H2,1-2H3. The fraction of sp³-hybridized carbons (Fsp3) is 0.273. The Balaban J connectivity index is 1.08. The lowest BCUT2D eigenvalue weighted by atomic mass is 9.81. The number of hydrogen-bond acceptors (Lipinski definition) is 9. The van der Waals surface area contributed by atoms with E-state index >= 15 is 0 Å². The summed E-state index contributed by atoms with van der Waals surface area (Å²) in [6, 6.07) is 20.6. The number of aromatic nitrogens is 8. The second-order valence-electron chi connectivity index (χ2n) is 15.5. The first-order valence-electron chi connectivity index (χ1n) is 19.9. The first kappa shape index (κ1) is 38.2. The van der Waals surface area contributed by atoms with E-state index < -0.39 is 0 Å². The molecule has 0 saturated heterocycles. The van der Waals surface area contributed by atoms with Gasteiger partial charge in [0.25, 0.3) is 11.5 Å². The molecule has 0 saturated carbocycles. The molecule has 2 aromatic carbocycles. The predicted octanol–water partition coefficient (Wildman–Crippen LogP) is 4.51. The average molecular weight is 806 g/mol. The molecule has 0 fully saturated rings. The van der Waals surface area contributed by atoms with Crippen molar-refractivity contribution in [3.05, 3.63) is 137 Å². The number of H-pyrrole nitrogens is 1. The van der Waals surface area contributed by atoms with E-state index in [1.807, 2.05) is 58.3 Å². The van der Waals surface area contributed by atoms with Crippen LogP contribution >= 0.6 is 0 Å². The zero-order valence-corrected chi connectivity index (χ0v) is 33.2. The van der Waals surface area contributed by atoms with Crippen molar-refractivity contribution >= 4 is 50.7 Å². The third kappa shape index (κ3) is 7.90. The Kier molecular flexibility index (Phi) is 10.3. The van der Waals surface area contributed by atoms with Gasteiger partial charge >= 0.3 is 0 Å². The molecule has 0 aliphatic carbocycles. The summed E-state index contributed by atoms with van der Waals surface area (Å²) in [6.07, 6.45) is 13.3. The van der Waals surface area contributed by atoms with Crippen LogP contribution in [-0.4, -0.2) is 112 Å². The van der Waals surface area contributed by atoms with Crippen molar-refractivity contribution in [2.24, 2.45) is 11.8 Å². The molecule has 9 rings (SSSR count). The average Bonchev–Trinajstić information content (AvgIpc) is 4.12. The van der Waals surface area contributed by atoms with Crippen LogP contribution in [0.25, 0.3) is 38.9 Å². The van der Waals surface area contributed by atoms with E-state index in [2.05, 4.69) is 37.8 Å². The van der Waals surface area contributed by atoms with E-state index in [-0.39, 0.29) is 48.0 Å². The third-order valence-electron chi connectivity index (χ3n) is 11.3. The van der Waals surface area contributed by atoms with Crippen LogP contribution in [0.5, 0.6) is 0 Å². The molecule has 5 aromatic heterocycles. The molecule has 7 heterocycles. The van der Waals surface area contributed by atoms with Gasteiger partial charge in [0.05, 0.1) is 25.5 Å². The van der Waals surface area contributed by atoms with Gasteiger partial charge in [-0.2, -0.15) is 0 Å². The van der Waals surface area contributed by atoms with Crippen molar-refractivity contribution in [1.82, 2.24) is 54.2 Å². The number of fused-ring (bicyclic) bond motifs is 2. The van der Waals surface area contributed by atoms with Crippen molar-refractivity contribution in [3.8, 4) is 5.88 Å². The summed E-state index contributed by atoms with van der Waals surface area (Å²) in [5.74, 6) is -0.0306. The number of amides is 3. The Morgan fingerprint density at radius 3 is 1.98 bits per heavy atom. The highest BCUT2D eigenvalue weighted by atomic mass is 16.4. The number of carbonyl (C=O) groups is 3. The van der Waals surface area contributed by atoms with Crippen molar-refractivity contribution in [2.75, 3.05) is 40.3 Å². The zero-order chi connectivity index (χ0) is 41.3. The molecule has 1 N–H and O–H groups in total. The number of carbonyl (C=O) groups excluding carboxylic acids is 3. The van der Waals surface area contributed by atoms with Crippen LogP contribution in [0.4, 0.5) is 0 Å². The summed E-state index contributed by atoms with van der Waals surface area (Å²) in [4.78, 5) is 62.1. The molecule has 0 bridgehead atoms. The van der Waals surface area contributed by atoms with Gasteiger partial charge in [-0.3, -0.25) is 33.1 Å². The quantitative estimate of drug-likeness (QED) is 0.197. The molecule has 0 radical (unpaired) electrons. The van der Waals surface area contributed by atoms with Gasteiger partial charge in [-0.1, -0.05) is 46.8 Å². The number of benzene rings is 2. The minimum absolute atomic E-state index is 0.0135. The zero-order valence-electron chi connectivity index (χ0n) is 33.2. The second-order valence-corrected chi connectivity index (χ2v) is 15.5. The molecule has 16 nitrogen and oxygen atoms in total. The van der Waals surface area contributed by atoms with Gasteiger partial charge in [0.15, 0.2) is 0 Å². The number of pyridine rings is 1. The molecule has 2 unspecified atom stereocenters. The van der Waals surface area contributed by atoms with Gasteiger partial charge in [-0.15, -0.1) is 10.2 Å². The number of rotatable bonds is 11. The lowest BCUT2D eigenvalue weighted by molar-refractivity contribution is -0.133. The van der Waals surface area contributed by atoms with Gasteiger partial charge in [-0.25, -0.2) is 0 Å². The van der Waals surface area contributed by atoms with Crippen LogP contribution in [0.2, 0.25) is 0 Å². The Morgan fingerprint density at radius 2 is 1.38 bits per heavy atom. The maximum absolute atomic E-state index is 14.0. The minimum Gasteiger partial charge on any atom is -0.440 e. The molecule has 0 spiro atoms. The van der Waals surface area contributed by atoms with E-state index in [4.69, 9.17) is 4.42 Å². The van der Waals surface area contributed by atoms with Gasteiger partial charge < -0.3 is 24.1 Å². The van der Waals surface area contributed by atoms with Crippen molar-refractivity contribution < 1.29 is 18.8 Å². The van der Waals surface area contributed by atoms with Crippen LogP contribution in [0.3, 0.4) is 0 Å². The van der Waals surface area contributed by atoms with Gasteiger partial charge in [0, 0.05) is 112 Å². The number of furan rings is 1. The molecule has 60 heavy (non-hydrogen) atoms. The summed E-state index contributed by atoms with van der Waals surface area (Å²) >= 11 is 0. The number of aromatic amines is 1. The molecule has 16 heteroatoms. The summed E-state index contributed by atoms with van der Waals surface area (Å²) in [7, 11) is 3.44. The van der Waals surface area contributed by atoms with E-state index in [0.717, 1.165) is 38.6 Å². The Labute approximate surface area is 344 Å². The van der Waals surface area contributed by atoms with Crippen molar-refractivity contribution in [3.63, 3.8) is 0 Å². The molecule has 304 valence electrons. The van der Waals surface area contributed by atoms with Gasteiger partial charge in [-0.05, 0) is 52.6 Å². The number of nitrogens with one attached hydrogen (secondary N) is 1. The highest BCUT2D eigenvalue weighted by Gasteiger charge is 2.34. The lowest BCUT2D eigenvalue weighted by Gasteiger charge is -2.40. The summed E-state index contributed by atoms with van der Waals surface area (Å²) < 4.78 is 10.9. The second kappa shape index (κ2) is 16.1. The molecule has 2 atom stereocenters.